The molecule has 0 fully saturated rings. The number of carbonyl (C=O) groups excluding carboxylic acids is 1. The molecule has 0 aliphatic rings. The van der Waals surface area contributed by atoms with Crippen LogP contribution in [0.1, 0.15) is 30.9 Å². The van der Waals surface area contributed by atoms with Crippen LogP contribution in [0.3, 0.4) is 0 Å². The molecule has 1 aromatic rings. The first kappa shape index (κ1) is 15.0. The third-order valence-corrected chi connectivity index (χ3v) is 2.92. The third-order valence-electron chi connectivity index (χ3n) is 2.56. The molecule has 0 unspecified atom stereocenters. The summed E-state index contributed by atoms with van der Waals surface area (Å²) in [6, 6.07) is 6.02. The molecule has 18 heavy (non-hydrogen) atoms. The van der Waals surface area contributed by atoms with Crippen LogP contribution in [-0.2, 0) is 16.1 Å². The molecular weight excluding hydrogens is 250 g/mol. The van der Waals surface area contributed by atoms with E-state index in [0.29, 0.717) is 13.0 Å². The van der Waals surface area contributed by atoms with Gasteiger partial charge < -0.3 is 10.1 Å². The summed E-state index contributed by atoms with van der Waals surface area (Å²) in [4.78, 5) is 11.1. The fourth-order valence-electron chi connectivity index (χ4n) is 1.61. The highest BCUT2D eigenvalue weighted by molar-refractivity contribution is 6.31. The predicted octanol–water partition coefficient (Wildman–Crippen LogP) is 3.08. The van der Waals surface area contributed by atoms with Crippen molar-refractivity contribution in [3.8, 4) is 0 Å². The Balaban J connectivity index is 2.20. The van der Waals surface area contributed by atoms with Gasteiger partial charge >= 0.3 is 5.97 Å². The Morgan fingerprint density at radius 2 is 2.22 bits per heavy atom. The fraction of sp³-hybridized carbons (Fsp3) is 0.500. The number of rotatable bonds is 7. The number of halogens is 1. The molecule has 4 heteroatoms. The number of nitrogens with one attached hydrogen (secondary N) is 1. The predicted molar refractivity (Wildman–Crippen MR) is 73.8 cm³/mol. The summed E-state index contributed by atoms with van der Waals surface area (Å²) in [6.07, 6.45) is 1.24. The van der Waals surface area contributed by atoms with E-state index in [4.69, 9.17) is 16.3 Å². The zero-order valence-electron chi connectivity index (χ0n) is 11.0. The maximum Gasteiger partial charge on any atom is 0.305 e. The number of ether oxygens (including phenoxy) is 1. The smallest absolute Gasteiger partial charge is 0.305 e. The van der Waals surface area contributed by atoms with Crippen LogP contribution in [0.5, 0.6) is 0 Å². The molecule has 1 aromatic carbocycles. The molecule has 1 rings (SSSR count). The largest absolute Gasteiger partial charge is 0.466 e. The minimum Gasteiger partial charge on any atom is -0.466 e. The second-order valence-corrected chi connectivity index (χ2v) is 4.59. The average molecular weight is 270 g/mol. The van der Waals surface area contributed by atoms with Crippen molar-refractivity contribution in [2.75, 3.05) is 13.2 Å². The Morgan fingerprint density at radius 1 is 1.44 bits per heavy atom. The molecule has 0 bridgehead atoms. The highest BCUT2D eigenvalue weighted by Gasteiger charge is 2.02. The van der Waals surface area contributed by atoms with Gasteiger partial charge in [0.05, 0.1) is 6.61 Å². The summed E-state index contributed by atoms with van der Waals surface area (Å²) in [6.45, 7) is 5.79. The molecule has 0 aliphatic carbocycles. The van der Waals surface area contributed by atoms with Crippen LogP contribution >= 0.6 is 11.6 Å². The second kappa shape index (κ2) is 8.11. The van der Waals surface area contributed by atoms with Crippen LogP contribution in [-0.4, -0.2) is 19.1 Å². The van der Waals surface area contributed by atoms with Crippen molar-refractivity contribution in [3.63, 3.8) is 0 Å². The normalized spacial score (nSPS) is 10.4. The second-order valence-electron chi connectivity index (χ2n) is 4.18. The molecule has 0 aliphatic heterocycles. The Morgan fingerprint density at radius 3 is 2.89 bits per heavy atom. The zero-order chi connectivity index (χ0) is 13.4. The summed E-state index contributed by atoms with van der Waals surface area (Å²) in [5, 5.41) is 4.05. The average Bonchev–Trinajstić information content (AvgIpc) is 2.31. The van der Waals surface area contributed by atoms with E-state index in [0.717, 1.165) is 35.7 Å². The number of hydrogen-bond acceptors (Lipinski definition) is 3. The molecular formula is C14H20ClNO2. The number of hydrogen-bond donors (Lipinski definition) is 1. The Kier molecular flexibility index (Phi) is 6.76. The molecule has 3 nitrogen and oxygen atoms in total. The van der Waals surface area contributed by atoms with Crippen LogP contribution in [0, 0.1) is 6.92 Å². The summed E-state index contributed by atoms with van der Waals surface area (Å²) in [5.41, 5.74) is 2.24. The minimum absolute atomic E-state index is 0.132. The van der Waals surface area contributed by atoms with Crippen molar-refractivity contribution < 1.29 is 9.53 Å². The van der Waals surface area contributed by atoms with Gasteiger partial charge in [-0.2, -0.15) is 0 Å². The first-order chi connectivity index (χ1) is 8.63. The molecule has 0 saturated carbocycles. The van der Waals surface area contributed by atoms with Crippen molar-refractivity contribution in [2.24, 2.45) is 0 Å². The van der Waals surface area contributed by atoms with Crippen LogP contribution in [0.2, 0.25) is 5.02 Å². The van der Waals surface area contributed by atoms with E-state index in [2.05, 4.69) is 5.32 Å². The van der Waals surface area contributed by atoms with Gasteiger partial charge in [-0.25, -0.2) is 0 Å². The van der Waals surface area contributed by atoms with E-state index in [1.54, 1.807) is 0 Å². The summed E-state index contributed by atoms with van der Waals surface area (Å²) in [5.74, 6) is -0.132. The lowest BCUT2D eigenvalue weighted by Crippen LogP contribution is -2.16. The van der Waals surface area contributed by atoms with Crippen molar-refractivity contribution >= 4 is 17.6 Å². The first-order valence-electron chi connectivity index (χ1n) is 6.25. The van der Waals surface area contributed by atoms with Gasteiger partial charge in [0.2, 0.25) is 0 Å². The lowest BCUT2D eigenvalue weighted by molar-refractivity contribution is -0.143. The van der Waals surface area contributed by atoms with E-state index in [1.165, 1.54) is 0 Å². The van der Waals surface area contributed by atoms with Crippen LogP contribution < -0.4 is 5.32 Å². The number of aryl methyl sites for hydroxylation is 1. The highest BCUT2D eigenvalue weighted by atomic mass is 35.5. The van der Waals surface area contributed by atoms with Gasteiger partial charge in [0.25, 0.3) is 0 Å². The lowest BCUT2D eigenvalue weighted by Gasteiger charge is -2.07. The summed E-state index contributed by atoms with van der Waals surface area (Å²) < 4.78 is 4.85. The van der Waals surface area contributed by atoms with E-state index >= 15 is 0 Å². The maximum absolute atomic E-state index is 11.1. The van der Waals surface area contributed by atoms with E-state index in [1.807, 2.05) is 32.0 Å². The zero-order valence-corrected chi connectivity index (χ0v) is 11.7. The van der Waals surface area contributed by atoms with Gasteiger partial charge in [0, 0.05) is 18.0 Å². The van der Waals surface area contributed by atoms with Gasteiger partial charge in [0.1, 0.15) is 0 Å². The van der Waals surface area contributed by atoms with Crippen molar-refractivity contribution in [3.05, 3.63) is 34.3 Å². The molecule has 0 radical (unpaired) electrons. The molecule has 0 aromatic heterocycles. The molecule has 0 atom stereocenters. The molecule has 1 N–H and O–H groups in total. The standard InChI is InChI=1S/C14H20ClNO2/c1-3-18-14(17)5-4-8-16-10-12-7-6-11(2)9-13(12)15/h6-7,9,16H,3-5,8,10H2,1-2H3. The Bertz CT molecular complexity index is 393. The monoisotopic (exact) mass is 269 g/mol. The van der Waals surface area contributed by atoms with Crippen molar-refractivity contribution in [1.82, 2.24) is 5.32 Å². The number of esters is 1. The highest BCUT2D eigenvalue weighted by Crippen LogP contribution is 2.17. The molecule has 0 spiro atoms. The minimum atomic E-state index is -0.132. The molecule has 100 valence electrons. The van der Waals surface area contributed by atoms with E-state index in [-0.39, 0.29) is 5.97 Å². The number of carbonyl (C=O) groups is 1. The van der Waals surface area contributed by atoms with Crippen LogP contribution in [0.25, 0.3) is 0 Å². The lowest BCUT2D eigenvalue weighted by atomic mass is 10.1. The fourth-order valence-corrected chi connectivity index (χ4v) is 1.91. The first-order valence-corrected chi connectivity index (χ1v) is 6.62. The Hall–Kier alpha value is -1.06. The van der Waals surface area contributed by atoms with Crippen molar-refractivity contribution in [1.29, 1.82) is 0 Å². The third kappa shape index (κ3) is 5.52. The van der Waals surface area contributed by atoms with E-state index in [9.17, 15) is 4.79 Å². The van der Waals surface area contributed by atoms with Gasteiger partial charge in [-0.05, 0) is 44.0 Å². The molecule has 0 amide bonds. The van der Waals surface area contributed by atoms with Crippen molar-refractivity contribution in [2.45, 2.75) is 33.2 Å². The van der Waals surface area contributed by atoms with Gasteiger partial charge in [0.15, 0.2) is 0 Å². The number of benzene rings is 1. The van der Waals surface area contributed by atoms with Gasteiger partial charge in [-0.15, -0.1) is 0 Å². The van der Waals surface area contributed by atoms with Crippen LogP contribution in [0.15, 0.2) is 18.2 Å². The summed E-state index contributed by atoms with van der Waals surface area (Å²) in [7, 11) is 0. The quantitative estimate of drug-likeness (QED) is 0.611. The molecule has 0 heterocycles. The van der Waals surface area contributed by atoms with Gasteiger partial charge in [-0.1, -0.05) is 23.7 Å². The topological polar surface area (TPSA) is 38.3 Å². The Labute approximate surface area is 113 Å². The maximum atomic E-state index is 11.1. The summed E-state index contributed by atoms with van der Waals surface area (Å²) >= 11 is 6.12. The van der Waals surface area contributed by atoms with Crippen LogP contribution in [0.4, 0.5) is 0 Å². The molecule has 0 saturated heterocycles. The van der Waals surface area contributed by atoms with Gasteiger partial charge in [-0.3, -0.25) is 4.79 Å². The SMILES string of the molecule is CCOC(=O)CCCNCc1ccc(C)cc1Cl. The van der Waals surface area contributed by atoms with E-state index < -0.39 is 0 Å².